The fourth-order valence-electron chi connectivity index (χ4n) is 2.83. The van der Waals surface area contributed by atoms with Gasteiger partial charge in [0, 0.05) is 5.41 Å². The molecule has 3 heteroatoms. The lowest BCUT2D eigenvalue weighted by Gasteiger charge is -2.36. The second kappa shape index (κ2) is 5.74. The van der Waals surface area contributed by atoms with Crippen LogP contribution in [0.5, 0.6) is 5.75 Å². The van der Waals surface area contributed by atoms with Crippen molar-refractivity contribution in [3.63, 3.8) is 0 Å². The van der Waals surface area contributed by atoms with Crippen LogP contribution >= 0.6 is 0 Å². The number of rotatable bonds is 4. The summed E-state index contributed by atoms with van der Waals surface area (Å²) in [6.07, 6.45) is 2.26. The van der Waals surface area contributed by atoms with Crippen LogP contribution in [0.1, 0.15) is 37.0 Å². The summed E-state index contributed by atoms with van der Waals surface area (Å²) in [5.74, 6) is 1.24. The summed E-state index contributed by atoms with van der Waals surface area (Å²) in [7, 11) is 1.61. The largest absolute Gasteiger partial charge is 0.496 e. The smallest absolute Gasteiger partial charge is 0.172 e. The van der Waals surface area contributed by atoms with E-state index in [0.717, 1.165) is 25.9 Å². The molecular formula is C16H23NO2. The molecule has 1 heterocycles. The fraction of sp³-hybridized carbons (Fsp3) is 0.562. The van der Waals surface area contributed by atoms with Gasteiger partial charge in [-0.3, -0.25) is 4.79 Å². The number of methoxy groups -OCH3 is 1. The zero-order chi connectivity index (χ0) is 13.9. The summed E-state index contributed by atoms with van der Waals surface area (Å²) in [6.45, 7) is 6.10. The first kappa shape index (κ1) is 14.1. The van der Waals surface area contributed by atoms with Gasteiger partial charge in [-0.05, 0) is 44.0 Å². The molecule has 0 aromatic heterocycles. The van der Waals surface area contributed by atoms with Crippen molar-refractivity contribution in [2.75, 3.05) is 20.2 Å². The number of ether oxygens (including phenoxy) is 1. The van der Waals surface area contributed by atoms with Crippen LogP contribution < -0.4 is 10.1 Å². The lowest BCUT2D eigenvalue weighted by molar-refractivity contribution is 0.0705. The van der Waals surface area contributed by atoms with Crippen LogP contribution in [0.4, 0.5) is 0 Å². The highest BCUT2D eigenvalue weighted by Crippen LogP contribution is 2.37. The molecular weight excluding hydrogens is 238 g/mol. The summed E-state index contributed by atoms with van der Waals surface area (Å²) in [6, 6.07) is 7.50. The van der Waals surface area contributed by atoms with E-state index in [4.69, 9.17) is 4.74 Å². The average Bonchev–Trinajstić information content (AvgIpc) is 2.47. The van der Waals surface area contributed by atoms with Crippen molar-refractivity contribution < 1.29 is 9.53 Å². The highest BCUT2D eigenvalue weighted by molar-refractivity contribution is 6.02. The summed E-state index contributed by atoms with van der Waals surface area (Å²) in [5.41, 5.74) is 0.336. The van der Waals surface area contributed by atoms with E-state index in [0.29, 0.717) is 17.2 Å². The molecule has 0 aliphatic carbocycles. The number of Topliss-reactive ketones (excluding diaryl/α,β-unsaturated/α-hetero) is 1. The minimum Gasteiger partial charge on any atom is -0.496 e. The van der Waals surface area contributed by atoms with Gasteiger partial charge in [-0.25, -0.2) is 0 Å². The Bertz CT molecular complexity index is 448. The van der Waals surface area contributed by atoms with Gasteiger partial charge in [-0.15, -0.1) is 0 Å². The van der Waals surface area contributed by atoms with E-state index >= 15 is 0 Å². The van der Waals surface area contributed by atoms with Gasteiger partial charge in [0.2, 0.25) is 0 Å². The molecule has 2 rings (SSSR count). The molecule has 1 saturated heterocycles. The molecule has 1 aromatic carbocycles. The molecule has 1 aromatic rings. The second-order valence-electron chi connectivity index (χ2n) is 5.79. The van der Waals surface area contributed by atoms with Gasteiger partial charge in [0.15, 0.2) is 5.78 Å². The van der Waals surface area contributed by atoms with Crippen molar-refractivity contribution in [3.05, 3.63) is 29.8 Å². The summed E-state index contributed by atoms with van der Waals surface area (Å²) in [4.78, 5) is 12.8. The van der Waals surface area contributed by atoms with E-state index in [1.54, 1.807) is 7.11 Å². The molecule has 1 unspecified atom stereocenters. The Morgan fingerprint density at radius 2 is 2.11 bits per heavy atom. The quantitative estimate of drug-likeness (QED) is 0.847. The number of benzene rings is 1. The molecule has 1 N–H and O–H groups in total. The van der Waals surface area contributed by atoms with Gasteiger partial charge in [0.25, 0.3) is 0 Å². The maximum Gasteiger partial charge on any atom is 0.172 e. The average molecular weight is 261 g/mol. The van der Waals surface area contributed by atoms with Crippen LogP contribution in [0.15, 0.2) is 24.3 Å². The topological polar surface area (TPSA) is 38.3 Å². The Balaban J connectivity index is 2.26. The van der Waals surface area contributed by atoms with Crippen molar-refractivity contribution in [3.8, 4) is 5.75 Å². The normalized spacial score (nSPS) is 20.1. The maximum absolute atomic E-state index is 12.8. The zero-order valence-electron chi connectivity index (χ0n) is 12.0. The monoisotopic (exact) mass is 261 g/mol. The van der Waals surface area contributed by atoms with Gasteiger partial charge in [0.05, 0.1) is 12.7 Å². The second-order valence-corrected chi connectivity index (χ2v) is 5.79. The van der Waals surface area contributed by atoms with Crippen molar-refractivity contribution in [1.82, 2.24) is 5.32 Å². The van der Waals surface area contributed by atoms with E-state index in [1.165, 1.54) is 0 Å². The molecule has 1 aliphatic rings. The third-order valence-electron chi connectivity index (χ3n) is 4.25. The van der Waals surface area contributed by atoms with E-state index in [9.17, 15) is 4.79 Å². The predicted molar refractivity (Wildman–Crippen MR) is 76.7 cm³/mol. The lowest BCUT2D eigenvalue weighted by atomic mass is 9.70. The highest BCUT2D eigenvalue weighted by Gasteiger charge is 2.38. The van der Waals surface area contributed by atoms with Crippen molar-refractivity contribution in [2.24, 2.45) is 11.3 Å². The third-order valence-corrected chi connectivity index (χ3v) is 4.25. The molecule has 104 valence electrons. The Morgan fingerprint density at radius 3 is 2.74 bits per heavy atom. The molecule has 3 nitrogen and oxygen atoms in total. The van der Waals surface area contributed by atoms with Crippen LogP contribution in [0, 0.1) is 11.3 Å². The fourth-order valence-corrected chi connectivity index (χ4v) is 2.83. The standard InChI is InChI=1S/C16H23NO2/c1-16(2,12-7-6-10-17-11-12)15(18)13-8-4-5-9-14(13)19-3/h4-5,8-9,12,17H,6-7,10-11H2,1-3H3. The van der Waals surface area contributed by atoms with Gasteiger partial charge < -0.3 is 10.1 Å². The van der Waals surface area contributed by atoms with E-state index in [2.05, 4.69) is 19.2 Å². The summed E-state index contributed by atoms with van der Waals surface area (Å²) < 4.78 is 5.31. The van der Waals surface area contributed by atoms with Gasteiger partial charge in [0.1, 0.15) is 5.75 Å². The maximum atomic E-state index is 12.8. The Morgan fingerprint density at radius 1 is 1.37 bits per heavy atom. The number of hydrogen-bond acceptors (Lipinski definition) is 3. The Labute approximate surface area is 115 Å². The van der Waals surface area contributed by atoms with E-state index in [-0.39, 0.29) is 11.2 Å². The van der Waals surface area contributed by atoms with Crippen molar-refractivity contribution in [1.29, 1.82) is 0 Å². The molecule has 0 amide bonds. The Hall–Kier alpha value is -1.35. The molecule has 0 radical (unpaired) electrons. The first-order valence-electron chi connectivity index (χ1n) is 6.96. The van der Waals surface area contributed by atoms with Crippen LogP contribution in [-0.4, -0.2) is 26.0 Å². The van der Waals surface area contributed by atoms with Crippen molar-refractivity contribution in [2.45, 2.75) is 26.7 Å². The number of nitrogens with one attached hydrogen (secondary N) is 1. The highest BCUT2D eigenvalue weighted by atomic mass is 16.5. The van der Waals surface area contributed by atoms with Crippen LogP contribution in [0.2, 0.25) is 0 Å². The number of piperidine rings is 1. The Kier molecular flexibility index (Phi) is 4.25. The summed E-state index contributed by atoms with van der Waals surface area (Å²) in [5, 5.41) is 3.39. The molecule has 1 fully saturated rings. The molecule has 0 spiro atoms. The van der Waals surface area contributed by atoms with E-state index in [1.807, 2.05) is 24.3 Å². The van der Waals surface area contributed by atoms with E-state index < -0.39 is 0 Å². The van der Waals surface area contributed by atoms with Crippen molar-refractivity contribution >= 4 is 5.78 Å². The SMILES string of the molecule is COc1ccccc1C(=O)C(C)(C)C1CCCNC1. The number of hydrogen-bond donors (Lipinski definition) is 1. The van der Waals surface area contributed by atoms with Gasteiger partial charge in [-0.2, -0.15) is 0 Å². The van der Waals surface area contributed by atoms with Crippen LogP contribution in [-0.2, 0) is 0 Å². The number of ketones is 1. The molecule has 1 atom stereocenters. The number of para-hydroxylation sites is 1. The predicted octanol–water partition coefficient (Wildman–Crippen LogP) is 2.90. The minimum absolute atomic E-state index is 0.179. The number of carbonyl (C=O) groups excluding carboxylic acids is 1. The molecule has 0 saturated carbocycles. The van der Waals surface area contributed by atoms with Crippen LogP contribution in [0.25, 0.3) is 0 Å². The first-order valence-corrected chi connectivity index (χ1v) is 6.96. The summed E-state index contributed by atoms with van der Waals surface area (Å²) >= 11 is 0. The van der Waals surface area contributed by atoms with Crippen LogP contribution in [0.3, 0.4) is 0 Å². The minimum atomic E-state index is -0.359. The molecule has 1 aliphatic heterocycles. The van der Waals surface area contributed by atoms with Gasteiger partial charge in [-0.1, -0.05) is 26.0 Å². The van der Waals surface area contributed by atoms with Gasteiger partial charge >= 0.3 is 0 Å². The lowest BCUT2D eigenvalue weighted by Crippen LogP contribution is -2.42. The first-order chi connectivity index (χ1) is 9.07. The number of carbonyl (C=O) groups is 1. The third kappa shape index (κ3) is 2.81. The molecule has 0 bridgehead atoms. The molecule has 19 heavy (non-hydrogen) atoms. The zero-order valence-corrected chi connectivity index (χ0v) is 12.0.